The van der Waals surface area contributed by atoms with Crippen molar-refractivity contribution in [3.05, 3.63) is 58.9 Å². The highest BCUT2D eigenvalue weighted by Gasteiger charge is 2.12. The Bertz CT molecular complexity index is 817. The monoisotopic (exact) mass is 329 g/mol. The van der Waals surface area contributed by atoms with E-state index in [4.69, 9.17) is 20.9 Å². The lowest BCUT2D eigenvalue weighted by atomic mass is 10.2. The van der Waals surface area contributed by atoms with Crippen LogP contribution in [0.2, 0.25) is 5.02 Å². The molecule has 1 heterocycles. The molecule has 1 aromatic heterocycles. The summed E-state index contributed by atoms with van der Waals surface area (Å²) in [5.74, 6) is 1.70. The molecule has 5 nitrogen and oxygen atoms in total. The van der Waals surface area contributed by atoms with Crippen molar-refractivity contribution in [3.63, 3.8) is 0 Å². The predicted octanol–water partition coefficient (Wildman–Crippen LogP) is 4.32. The van der Waals surface area contributed by atoms with E-state index in [0.29, 0.717) is 29.0 Å². The first-order valence-electron chi connectivity index (χ1n) is 7.13. The number of para-hydroxylation sites is 1. The zero-order valence-corrected chi connectivity index (χ0v) is 13.6. The Morgan fingerprint density at radius 1 is 1.22 bits per heavy atom. The summed E-state index contributed by atoms with van der Waals surface area (Å²) in [6.07, 6.45) is 0. The van der Waals surface area contributed by atoms with Crippen LogP contribution >= 0.6 is 11.6 Å². The summed E-state index contributed by atoms with van der Waals surface area (Å²) >= 11 is 6.01. The van der Waals surface area contributed by atoms with Crippen LogP contribution in [0.1, 0.15) is 11.5 Å². The number of nitrogens with one attached hydrogen (secondary N) is 1. The van der Waals surface area contributed by atoms with Gasteiger partial charge in [-0.1, -0.05) is 35.0 Å². The molecule has 0 saturated heterocycles. The molecule has 1 N–H and O–H groups in total. The minimum Gasteiger partial charge on any atom is -0.496 e. The van der Waals surface area contributed by atoms with Crippen LogP contribution in [0.15, 0.2) is 47.0 Å². The minimum atomic E-state index is 0.420. The first kappa shape index (κ1) is 15.4. The van der Waals surface area contributed by atoms with E-state index >= 15 is 0 Å². The lowest BCUT2D eigenvalue weighted by Gasteiger charge is -2.07. The molecule has 2 aromatic carbocycles. The van der Waals surface area contributed by atoms with Crippen LogP contribution in [0.5, 0.6) is 5.75 Å². The number of benzene rings is 2. The molecule has 118 valence electrons. The fourth-order valence-corrected chi connectivity index (χ4v) is 2.39. The highest BCUT2D eigenvalue weighted by atomic mass is 35.5. The van der Waals surface area contributed by atoms with Gasteiger partial charge in [0.1, 0.15) is 5.75 Å². The van der Waals surface area contributed by atoms with Crippen LogP contribution in [0.25, 0.3) is 11.4 Å². The van der Waals surface area contributed by atoms with Crippen molar-refractivity contribution >= 4 is 17.3 Å². The van der Waals surface area contributed by atoms with Gasteiger partial charge in [-0.15, -0.1) is 0 Å². The van der Waals surface area contributed by atoms with E-state index in [1.165, 1.54) is 0 Å². The second kappa shape index (κ2) is 6.71. The second-order valence-corrected chi connectivity index (χ2v) is 5.46. The summed E-state index contributed by atoms with van der Waals surface area (Å²) in [5, 5.41) is 7.95. The van der Waals surface area contributed by atoms with Gasteiger partial charge >= 0.3 is 0 Å². The maximum atomic E-state index is 6.01. The molecule has 0 aliphatic rings. The molecular weight excluding hydrogens is 314 g/mol. The third-order valence-electron chi connectivity index (χ3n) is 3.45. The first-order valence-corrected chi connectivity index (χ1v) is 7.51. The Kier molecular flexibility index (Phi) is 4.48. The molecule has 0 saturated carbocycles. The molecule has 0 bridgehead atoms. The van der Waals surface area contributed by atoms with Crippen molar-refractivity contribution in [1.82, 2.24) is 10.1 Å². The third-order valence-corrected chi connectivity index (χ3v) is 3.68. The van der Waals surface area contributed by atoms with E-state index in [1.807, 2.05) is 49.4 Å². The summed E-state index contributed by atoms with van der Waals surface area (Å²) in [6, 6.07) is 13.2. The van der Waals surface area contributed by atoms with E-state index in [2.05, 4.69) is 15.5 Å². The van der Waals surface area contributed by atoms with Gasteiger partial charge in [-0.3, -0.25) is 0 Å². The molecule has 23 heavy (non-hydrogen) atoms. The van der Waals surface area contributed by atoms with Crippen molar-refractivity contribution < 1.29 is 9.26 Å². The van der Waals surface area contributed by atoms with E-state index in [-0.39, 0.29) is 0 Å². The average molecular weight is 330 g/mol. The van der Waals surface area contributed by atoms with Crippen LogP contribution in [0.3, 0.4) is 0 Å². The Labute approximate surface area is 139 Å². The van der Waals surface area contributed by atoms with Crippen molar-refractivity contribution in [2.24, 2.45) is 0 Å². The molecule has 0 radical (unpaired) electrons. The van der Waals surface area contributed by atoms with Gasteiger partial charge in [0, 0.05) is 10.7 Å². The fourth-order valence-electron chi connectivity index (χ4n) is 2.22. The zero-order chi connectivity index (χ0) is 16.2. The normalized spacial score (nSPS) is 10.6. The van der Waals surface area contributed by atoms with E-state index < -0.39 is 0 Å². The molecule has 0 amide bonds. The summed E-state index contributed by atoms with van der Waals surface area (Å²) in [4.78, 5) is 4.40. The molecule has 0 unspecified atom stereocenters. The molecule has 0 aliphatic heterocycles. The number of hydrogen-bond donors (Lipinski definition) is 1. The van der Waals surface area contributed by atoms with Crippen molar-refractivity contribution in [2.75, 3.05) is 12.4 Å². The van der Waals surface area contributed by atoms with Crippen LogP contribution < -0.4 is 10.1 Å². The van der Waals surface area contributed by atoms with Crippen molar-refractivity contribution in [1.29, 1.82) is 0 Å². The molecule has 0 aliphatic carbocycles. The summed E-state index contributed by atoms with van der Waals surface area (Å²) in [7, 11) is 1.61. The lowest BCUT2D eigenvalue weighted by Crippen LogP contribution is -2.01. The summed E-state index contributed by atoms with van der Waals surface area (Å²) in [6.45, 7) is 2.43. The molecule has 0 fully saturated rings. The van der Waals surface area contributed by atoms with E-state index in [0.717, 1.165) is 16.8 Å². The third kappa shape index (κ3) is 3.46. The van der Waals surface area contributed by atoms with Crippen LogP contribution in [-0.2, 0) is 6.54 Å². The van der Waals surface area contributed by atoms with Gasteiger partial charge < -0.3 is 14.6 Å². The maximum Gasteiger partial charge on any atom is 0.246 e. The summed E-state index contributed by atoms with van der Waals surface area (Å²) < 4.78 is 10.6. The number of aryl methyl sites for hydroxylation is 1. The molecular formula is C17H16ClN3O2. The maximum absolute atomic E-state index is 6.01. The second-order valence-electron chi connectivity index (χ2n) is 5.02. The summed E-state index contributed by atoms with van der Waals surface area (Å²) in [5.41, 5.74) is 2.83. The lowest BCUT2D eigenvalue weighted by molar-refractivity contribution is 0.383. The number of aromatic nitrogens is 2. The minimum absolute atomic E-state index is 0.420. The number of halogens is 1. The van der Waals surface area contributed by atoms with Crippen LogP contribution in [0, 0.1) is 6.92 Å². The Morgan fingerprint density at radius 2 is 2.04 bits per heavy atom. The van der Waals surface area contributed by atoms with Gasteiger partial charge in [0.15, 0.2) is 0 Å². The molecule has 0 spiro atoms. The predicted molar refractivity (Wildman–Crippen MR) is 89.8 cm³/mol. The van der Waals surface area contributed by atoms with Gasteiger partial charge in [0.2, 0.25) is 11.7 Å². The highest BCUT2D eigenvalue weighted by Crippen LogP contribution is 2.27. The average Bonchev–Trinajstić information content (AvgIpc) is 3.04. The number of nitrogens with zero attached hydrogens (tertiary/aromatic N) is 2. The Morgan fingerprint density at radius 3 is 2.87 bits per heavy atom. The topological polar surface area (TPSA) is 60.2 Å². The van der Waals surface area contributed by atoms with Gasteiger partial charge in [0.05, 0.1) is 19.2 Å². The Hall–Kier alpha value is -2.53. The van der Waals surface area contributed by atoms with Crippen LogP contribution in [-0.4, -0.2) is 17.3 Å². The smallest absolute Gasteiger partial charge is 0.246 e. The van der Waals surface area contributed by atoms with Crippen molar-refractivity contribution in [3.8, 4) is 17.1 Å². The number of methoxy groups -OCH3 is 1. The standard InChI is InChI=1S/C17H16ClN3O2/c1-11-7-8-12(18)9-14(11)19-10-16-20-17(21-23-16)13-5-3-4-6-15(13)22-2/h3-9,19H,10H2,1-2H3. The van der Waals surface area contributed by atoms with E-state index in [9.17, 15) is 0 Å². The fraction of sp³-hybridized carbons (Fsp3) is 0.176. The van der Waals surface area contributed by atoms with Crippen molar-refractivity contribution in [2.45, 2.75) is 13.5 Å². The van der Waals surface area contributed by atoms with E-state index in [1.54, 1.807) is 7.11 Å². The number of ether oxygens (including phenoxy) is 1. The Balaban J connectivity index is 1.76. The van der Waals surface area contributed by atoms with Gasteiger partial charge in [-0.25, -0.2) is 0 Å². The highest BCUT2D eigenvalue weighted by molar-refractivity contribution is 6.30. The number of hydrogen-bond acceptors (Lipinski definition) is 5. The SMILES string of the molecule is COc1ccccc1-c1noc(CNc2cc(Cl)ccc2C)n1. The molecule has 3 aromatic rings. The molecule has 6 heteroatoms. The van der Waals surface area contributed by atoms with Gasteiger partial charge in [0.25, 0.3) is 0 Å². The number of anilines is 1. The van der Waals surface area contributed by atoms with Gasteiger partial charge in [-0.2, -0.15) is 4.98 Å². The molecule has 0 atom stereocenters. The van der Waals surface area contributed by atoms with Crippen LogP contribution in [0.4, 0.5) is 5.69 Å². The molecule has 3 rings (SSSR count). The first-order chi connectivity index (χ1) is 11.2. The quantitative estimate of drug-likeness (QED) is 0.755. The largest absolute Gasteiger partial charge is 0.496 e. The van der Waals surface area contributed by atoms with Gasteiger partial charge in [-0.05, 0) is 36.8 Å². The number of rotatable bonds is 5. The zero-order valence-electron chi connectivity index (χ0n) is 12.8.